The number of hydrogen-bond acceptors (Lipinski definition) is 4. The van der Waals surface area contributed by atoms with Crippen LogP contribution in [0.5, 0.6) is 5.75 Å². The fraction of sp³-hybridized carbons (Fsp3) is 0.0714. The van der Waals surface area contributed by atoms with E-state index in [0.29, 0.717) is 11.5 Å². The normalized spacial score (nSPS) is 10.9. The van der Waals surface area contributed by atoms with Crippen molar-refractivity contribution in [1.29, 1.82) is 0 Å². The molecule has 0 fully saturated rings. The highest BCUT2D eigenvalue weighted by Gasteiger charge is 2.15. The molecule has 0 aliphatic carbocycles. The van der Waals surface area contributed by atoms with E-state index in [1.165, 1.54) is 3.97 Å². The first-order valence-electron chi connectivity index (χ1n) is 5.94. The lowest BCUT2D eigenvalue weighted by atomic mass is 10.0. The predicted molar refractivity (Wildman–Crippen MR) is 80.2 cm³/mol. The van der Waals surface area contributed by atoms with Crippen molar-refractivity contribution >= 4 is 29.2 Å². The van der Waals surface area contributed by atoms with Gasteiger partial charge in [0.25, 0.3) is 0 Å². The van der Waals surface area contributed by atoms with Crippen molar-refractivity contribution in [2.24, 2.45) is 0 Å². The van der Waals surface area contributed by atoms with Crippen LogP contribution < -0.4 is 10.5 Å². The molecule has 1 aromatic carbocycles. The van der Waals surface area contributed by atoms with Gasteiger partial charge < -0.3 is 10.5 Å². The van der Waals surface area contributed by atoms with Crippen LogP contribution in [-0.4, -0.2) is 16.1 Å². The molecule has 0 amide bonds. The van der Waals surface area contributed by atoms with E-state index >= 15 is 0 Å². The molecule has 6 heteroatoms. The van der Waals surface area contributed by atoms with Gasteiger partial charge in [-0.15, -0.1) is 3.89 Å². The van der Waals surface area contributed by atoms with Crippen LogP contribution in [0, 0.1) is 0 Å². The molecule has 0 saturated carbocycles. The Balaban J connectivity index is 2.31. The molecule has 2 heterocycles. The molecule has 2 aromatic heterocycles. The number of ether oxygens (including phenoxy) is 1. The first kappa shape index (κ1) is 12.8. The number of aromatic nitrogens is 2. The minimum Gasteiger partial charge on any atom is -0.496 e. The van der Waals surface area contributed by atoms with E-state index in [1.807, 2.05) is 30.3 Å². The Hall–Kier alpha value is -2.21. The summed E-state index contributed by atoms with van der Waals surface area (Å²) in [6, 6.07) is 11.1. The second-order valence-electron chi connectivity index (χ2n) is 4.25. The Morgan fingerprint density at radius 3 is 2.75 bits per heavy atom. The summed E-state index contributed by atoms with van der Waals surface area (Å²) in [4.78, 5) is 4.19. The van der Waals surface area contributed by atoms with E-state index in [0.717, 1.165) is 22.3 Å². The number of benzene rings is 1. The van der Waals surface area contributed by atoms with Crippen LogP contribution in [0.25, 0.3) is 22.2 Å². The lowest BCUT2D eigenvalue weighted by molar-refractivity contribution is 0.416. The average Bonchev–Trinajstić information content (AvgIpc) is 2.84. The maximum atomic E-state index is 13.1. The molecule has 0 aliphatic rings. The van der Waals surface area contributed by atoms with Gasteiger partial charge in [0.15, 0.2) is 18.0 Å². The molecule has 0 spiro atoms. The maximum absolute atomic E-state index is 13.1. The summed E-state index contributed by atoms with van der Waals surface area (Å²) in [5.41, 5.74) is 7.91. The standard InChI is InChI=1S/C14H12FN3OS/c1-19-12-5-3-2-4-9(12)11-8-18(20-15)14-10(11)6-7-13(16)17-14/h2-8H,1H3,(H2,16,17). The van der Waals surface area contributed by atoms with Gasteiger partial charge in [0.2, 0.25) is 0 Å². The van der Waals surface area contributed by atoms with Crippen molar-refractivity contribution < 1.29 is 8.62 Å². The van der Waals surface area contributed by atoms with Gasteiger partial charge in [0, 0.05) is 22.7 Å². The minimum atomic E-state index is 0.0937. The van der Waals surface area contributed by atoms with Crippen LogP contribution in [0.2, 0.25) is 0 Å². The Morgan fingerprint density at radius 1 is 1.20 bits per heavy atom. The number of para-hydroxylation sites is 1. The molecule has 3 rings (SSSR count). The molecule has 0 radical (unpaired) electrons. The molecular weight excluding hydrogens is 277 g/mol. The fourth-order valence-electron chi connectivity index (χ4n) is 2.22. The van der Waals surface area contributed by atoms with Gasteiger partial charge in [-0.05, 0) is 18.2 Å². The smallest absolute Gasteiger partial charge is 0.171 e. The molecule has 3 aromatic rings. The number of fused-ring (bicyclic) bond motifs is 1. The fourth-order valence-corrected chi connectivity index (χ4v) is 2.57. The Labute approximate surface area is 119 Å². The highest BCUT2D eigenvalue weighted by molar-refractivity contribution is 7.92. The van der Waals surface area contributed by atoms with E-state index in [-0.39, 0.29) is 12.3 Å². The summed E-state index contributed by atoms with van der Waals surface area (Å²) in [5.74, 6) is 1.09. The third kappa shape index (κ3) is 1.98. The minimum absolute atomic E-state index is 0.0937. The van der Waals surface area contributed by atoms with E-state index < -0.39 is 0 Å². The summed E-state index contributed by atoms with van der Waals surface area (Å²) in [6.07, 6.45) is 1.69. The Kier molecular flexibility index (Phi) is 3.23. The number of anilines is 1. The van der Waals surface area contributed by atoms with Gasteiger partial charge in [0.05, 0.1) is 7.11 Å². The first-order valence-corrected chi connectivity index (χ1v) is 6.62. The lowest BCUT2D eigenvalue weighted by Crippen LogP contribution is -1.91. The summed E-state index contributed by atoms with van der Waals surface area (Å²) < 4.78 is 19.8. The summed E-state index contributed by atoms with van der Waals surface area (Å²) in [7, 11) is 1.61. The molecule has 0 aliphatic heterocycles. The number of hydrogen-bond donors (Lipinski definition) is 1. The lowest BCUT2D eigenvalue weighted by Gasteiger charge is -2.06. The number of nitrogens with two attached hydrogens (primary N) is 1. The zero-order valence-electron chi connectivity index (χ0n) is 10.7. The van der Waals surface area contributed by atoms with E-state index in [1.54, 1.807) is 19.4 Å². The molecule has 2 N–H and O–H groups in total. The van der Waals surface area contributed by atoms with Crippen LogP contribution in [-0.2, 0) is 0 Å². The van der Waals surface area contributed by atoms with Gasteiger partial charge in [-0.25, -0.2) is 8.96 Å². The number of methoxy groups -OCH3 is 1. The number of halogens is 1. The average molecular weight is 289 g/mol. The van der Waals surface area contributed by atoms with Gasteiger partial charge >= 0.3 is 0 Å². The first-order chi connectivity index (χ1) is 9.74. The molecule has 0 saturated heterocycles. The van der Waals surface area contributed by atoms with Crippen molar-refractivity contribution in [3.63, 3.8) is 0 Å². The third-order valence-electron chi connectivity index (χ3n) is 3.11. The quantitative estimate of drug-likeness (QED) is 0.799. The molecular formula is C14H12FN3OS. The van der Waals surface area contributed by atoms with Gasteiger partial charge in [-0.3, -0.25) is 0 Å². The summed E-state index contributed by atoms with van der Waals surface area (Å²) in [5, 5.41) is 0.828. The molecule has 4 nitrogen and oxygen atoms in total. The van der Waals surface area contributed by atoms with Gasteiger partial charge in [0.1, 0.15) is 11.6 Å². The van der Waals surface area contributed by atoms with Crippen LogP contribution in [0.3, 0.4) is 0 Å². The van der Waals surface area contributed by atoms with Crippen molar-refractivity contribution in [3.8, 4) is 16.9 Å². The Bertz CT molecular complexity index is 772. The second kappa shape index (κ2) is 5.05. The van der Waals surface area contributed by atoms with E-state index in [9.17, 15) is 3.89 Å². The zero-order valence-corrected chi connectivity index (χ0v) is 11.5. The SMILES string of the molecule is COc1ccccc1-c1cn(SF)c2nc(N)ccc12. The van der Waals surface area contributed by atoms with E-state index in [4.69, 9.17) is 10.5 Å². The van der Waals surface area contributed by atoms with Crippen LogP contribution in [0.1, 0.15) is 0 Å². The number of pyridine rings is 1. The van der Waals surface area contributed by atoms with Crippen molar-refractivity contribution in [1.82, 2.24) is 8.96 Å². The topological polar surface area (TPSA) is 53.1 Å². The maximum Gasteiger partial charge on any atom is 0.171 e. The van der Waals surface area contributed by atoms with Crippen molar-refractivity contribution in [3.05, 3.63) is 42.6 Å². The molecule has 102 valence electrons. The van der Waals surface area contributed by atoms with Crippen molar-refractivity contribution in [2.75, 3.05) is 12.8 Å². The molecule has 0 bridgehead atoms. The van der Waals surface area contributed by atoms with E-state index in [2.05, 4.69) is 4.98 Å². The van der Waals surface area contributed by atoms with Crippen LogP contribution >= 0.6 is 12.3 Å². The van der Waals surface area contributed by atoms with Crippen LogP contribution in [0.4, 0.5) is 9.70 Å². The molecule has 20 heavy (non-hydrogen) atoms. The number of rotatable bonds is 3. The number of nitrogen functional groups attached to an aromatic ring is 1. The molecule has 0 unspecified atom stereocenters. The summed E-state index contributed by atoms with van der Waals surface area (Å²) in [6.45, 7) is 0. The van der Waals surface area contributed by atoms with Gasteiger partial charge in [-0.2, -0.15) is 0 Å². The monoisotopic (exact) mass is 289 g/mol. The Morgan fingerprint density at radius 2 is 2.00 bits per heavy atom. The largest absolute Gasteiger partial charge is 0.496 e. The highest BCUT2D eigenvalue weighted by atomic mass is 32.2. The number of nitrogens with zero attached hydrogens (tertiary/aromatic N) is 2. The highest BCUT2D eigenvalue weighted by Crippen LogP contribution is 2.37. The van der Waals surface area contributed by atoms with Crippen LogP contribution in [0.15, 0.2) is 42.6 Å². The van der Waals surface area contributed by atoms with Gasteiger partial charge in [-0.1, -0.05) is 18.2 Å². The summed E-state index contributed by atoms with van der Waals surface area (Å²) >= 11 is 0.0937. The predicted octanol–water partition coefficient (Wildman–Crippen LogP) is 3.67. The zero-order chi connectivity index (χ0) is 14.1. The second-order valence-corrected chi connectivity index (χ2v) is 4.78. The molecule has 0 atom stereocenters. The third-order valence-corrected chi connectivity index (χ3v) is 3.54. The van der Waals surface area contributed by atoms with Crippen molar-refractivity contribution in [2.45, 2.75) is 0 Å².